The maximum absolute atomic E-state index is 12.5. The van der Waals surface area contributed by atoms with Crippen molar-refractivity contribution in [2.24, 2.45) is 7.05 Å². The van der Waals surface area contributed by atoms with Crippen molar-refractivity contribution in [1.82, 2.24) is 9.47 Å². The molecule has 0 unspecified atom stereocenters. The van der Waals surface area contributed by atoms with Gasteiger partial charge in [0.15, 0.2) is 0 Å². The average Bonchev–Trinajstić information content (AvgIpc) is 2.87. The van der Waals surface area contributed by atoms with Crippen LogP contribution in [0.4, 0.5) is 0 Å². The number of aryl methyl sites for hydroxylation is 1. The average molecular weight is 363 g/mol. The van der Waals surface area contributed by atoms with E-state index in [2.05, 4.69) is 15.9 Å². The highest BCUT2D eigenvalue weighted by Crippen LogP contribution is 2.21. The summed E-state index contributed by atoms with van der Waals surface area (Å²) in [6, 6.07) is 11.7. The van der Waals surface area contributed by atoms with Crippen LogP contribution in [0.25, 0.3) is 0 Å². The van der Waals surface area contributed by atoms with Crippen LogP contribution in [0.1, 0.15) is 23.3 Å². The topological polar surface area (TPSA) is 34.5 Å². The molecule has 1 aromatic heterocycles. The minimum absolute atomic E-state index is 0.0892. The molecular formula is C17H19BrN2O2. The lowest BCUT2D eigenvalue weighted by Gasteiger charge is -2.32. The fourth-order valence-corrected chi connectivity index (χ4v) is 3.29. The van der Waals surface area contributed by atoms with Crippen LogP contribution in [0, 0.1) is 0 Å². The van der Waals surface area contributed by atoms with Crippen LogP contribution in [-0.2, 0) is 7.05 Å². The van der Waals surface area contributed by atoms with Crippen molar-refractivity contribution in [3.05, 3.63) is 52.8 Å². The molecule has 116 valence electrons. The number of piperidine rings is 1. The first kappa shape index (κ1) is 15.2. The summed E-state index contributed by atoms with van der Waals surface area (Å²) in [6.07, 6.45) is 3.82. The largest absolute Gasteiger partial charge is 0.490 e. The molecule has 1 aliphatic heterocycles. The minimum Gasteiger partial charge on any atom is -0.490 e. The zero-order valence-electron chi connectivity index (χ0n) is 12.5. The normalized spacial score (nSPS) is 15.8. The van der Waals surface area contributed by atoms with Crippen molar-refractivity contribution < 1.29 is 9.53 Å². The summed E-state index contributed by atoms with van der Waals surface area (Å²) in [6.45, 7) is 1.47. The predicted octanol–water partition coefficient (Wildman–Crippen LogP) is 3.47. The number of likely N-dealkylation sites (tertiary alicyclic amines) is 1. The van der Waals surface area contributed by atoms with E-state index in [1.165, 1.54) is 0 Å². The number of halogens is 1. The number of benzene rings is 1. The molecule has 1 aliphatic rings. The lowest BCUT2D eigenvalue weighted by atomic mass is 10.1. The van der Waals surface area contributed by atoms with Gasteiger partial charge in [-0.2, -0.15) is 0 Å². The van der Waals surface area contributed by atoms with Gasteiger partial charge >= 0.3 is 0 Å². The molecule has 0 spiro atoms. The van der Waals surface area contributed by atoms with E-state index in [0.717, 1.165) is 36.2 Å². The fourth-order valence-electron chi connectivity index (χ4n) is 2.77. The maximum atomic E-state index is 12.5. The molecule has 0 atom stereocenters. The Bertz CT molecular complexity index is 646. The number of nitrogens with zero attached hydrogens (tertiary/aromatic N) is 2. The van der Waals surface area contributed by atoms with Crippen LogP contribution in [0.5, 0.6) is 5.75 Å². The number of ether oxygens (including phenoxy) is 1. The summed E-state index contributed by atoms with van der Waals surface area (Å²) in [5, 5.41) is 0. The van der Waals surface area contributed by atoms with E-state index in [0.29, 0.717) is 5.69 Å². The van der Waals surface area contributed by atoms with Gasteiger partial charge in [-0.05, 0) is 34.1 Å². The zero-order valence-corrected chi connectivity index (χ0v) is 14.1. The molecule has 2 aromatic rings. The smallest absolute Gasteiger partial charge is 0.270 e. The second-order valence-corrected chi connectivity index (χ2v) is 6.49. The fraction of sp³-hybridized carbons (Fsp3) is 0.353. The Balaban J connectivity index is 1.57. The summed E-state index contributed by atoms with van der Waals surface area (Å²) in [5.41, 5.74) is 0.717. The molecule has 22 heavy (non-hydrogen) atoms. The Kier molecular flexibility index (Phi) is 4.52. The molecule has 3 rings (SSSR count). The van der Waals surface area contributed by atoms with Gasteiger partial charge in [0.2, 0.25) is 0 Å². The molecule has 4 nitrogen and oxygen atoms in total. The number of carbonyl (C=O) groups is 1. The van der Waals surface area contributed by atoms with Gasteiger partial charge in [-0.25, -0.2) is 0 Å². The standard InChI is InChI=1S/C17H19BrN2O2/c1-19-12-13(18)11-16(19)17(21)20-9-7-15(8-10-20)22-14-5-3-2-4-6-14/h2-6,11-12,15H,7-10H2,1H3. The number of carbonyl (C=O) groups excluding carboxylic acids is 1. The first-order valence-electron chi connectivity index (χ1n) is 7.46. The number of amides is 1. The molecular weight excluding hydrogens is 344 g/mol. The molecule has 0 saturated carbocycles. The van der Waals surface area contributed by atoms with Gasteiger partial charge in [-0.15, -0.1) is 0 Å². The van der Waals surface area contributed by atoms with Gasteiger partial charge < -0.3 is 14.2 Å². The zero-order chi connectivity index (χ0) is 15.5. The number of aromatic nitrogens is 1. The third-order valence-corrected chi connectivity index (χ3v) is 4.40. The molecule has 1 fully saturated rings. The van der Waals surface area contributed by atoms with E-state index in [1.807, 2.05) is 59.1 Å². The van der Waals surface area contributed by atoms with Crippen LogP contribution >= 0.6 is 15.9 Å². The van der Waals surface area contributed by atoms with Gasteiger partial charge in [0.1, 0.15) is 17.5 Å². The summed E-state index contributed by atoms with van der Waals surface area (Å²) in [5.74, 6) is 0.991. The number of rotatable bonds is 3. The predicted molar refractivity (Wildman–Crippen MR) is 89.1 cm³/mol. The molecule has 2 heterocycles. The van der Waals surface area contributed by atoms with E-state index in [4.69, 9.17) is 4.74 Å². The highest BCUT2D eigenvalue weighted by atomic mass is 79.9. The third-order valence-electron chi connectivity index (χ3n) is 3.97. The molecule has 0 radical (unpaired) electrons. The molecule has 0 aliphatic carbocycles. The van der Waals surface area contributed by atoms with Crippen molar-refractivity contribution in [1.29, 1.82) is 0 Å². The third kappa shape index (κ3) is 3.35. The summed E-state index contributed by atoms with van der Waals surface area (Å²) < 4.78 is 8.76. The summed E-state index contributed by atoms with van der Waals surface area (Å²) in [4.78, 5) is 14.5. The minimum atomic E-state index is 0.0892. The van der Waals surface area contributed by atoms with Gasteiger partial charge in [0.25, 0.3) is 5.91 Å². The first-order valence-corrected chi connectivity index (χ1v) is 8.25. The number of para-hydroxylation sites is 1. The summed E-state index contributed by atoms with van der Waals surface area (Å²) >= 11 is 3.41. The maximum Gasteiger partial charge on any atom is 0.270 e. The van der Waals surface area contributed by atoms with E-state index in [-0.39, 0.29) is 12.0 Å². The second-order valence-electron chi connectivity index (χ2n) is 5.58. The molecule has 0 N–H and O–H groups in total. The molecule has 5 heteroatoms. The van der Waals surface area contributed by atoms with Crippen LogP contribution in [0.3, 0.4) is 0 Å². The van der Waals surface area contributed by atoms with Gasteiger partial charge in [0.05, 0.1) is 0 Å². The van der Waals surface area contributed by atoms with Crippen molar-refractivity contribution in [2.45, 2.75) is 18.9 Å². The summed E-state index contributed by atoms with van der Waals surface area (Å²) in [7, 11) is 1.89. The Morgan fingerprint density at radius 3 is 2.50 bits per heavy atom. The van der Waals surface area contributed by atoms with E-state index < -0.39 is 0 Å². The van der Waals surface area contributed by atoms with E-state index >= 15 is 0 Å². The molecule has 0 bridgehead atoms. The highest BCUT2D eigenvalue weighted by Gasteiger charge is 2.26. The Labute approximate surface area is 138 Å². The van der Waals surface area contributed by atoms with Gasteiger partial charge in [-0.1, -0.05) is 18.2 Å². The van der Waals surface area contributed by atoms with Crippen molar-refractivity contribution in [2.75, 3.05) is 13.1 Å². The number of hydrogen-bond donors (Lipinski definition) is 0. The monoisotopic (exact) mass is 362 g/mol. The molecule has 1 aromatic carbocycles. The van der Waals surface area contributed by atoms with E-state index in [9.17, 15) is 4.79 Å². The van der Waals surface area contributed by atoms with Crippen LogP contribution in [0.2, 0.25) is 0 Å². The Morgan fingerprint density at radius 1 is 1.23 bits per heavy atom. The second kappa shape index (κ2) is 6.57. The van der Waals surface area contributed by atoms with Crippen molar-refractivity contribution in [3.8, 4) is 5.75 Å². The Morgan fingerprint density at radius 2 is 1.91 bits per heavy atom. The SMILES string of the molecule is Cn1cc(Br)cc1C(=O)N1CCC(Oc2ccccc2)CC1. The molecule has 1 saturated heterocycles. The Hall–Kier alpha value is -1.75. The lowest BCUT2D eigenvalue weighted by Crippen LogP contribution is -2.42. The van der Waals surface area contributed by atoms with Crippen molar-refractivity contribution >= 4 is 21.8 Å². The lowest BCUT2D eigenvalue weighted by molar-refractivity contribution is 0.0587. The quantitative estimate of drug-likeness (QED) is 0.837. The van der Waals surface area contributed by atoms with Crippen LogP contribution < -0.4 is 4.74 Å². The number of hydrogen-bond acceptors (Lipinski definition) is 2. The molecule has 1 amide bonds. The van der Waals surface area contributed by atoms with E-state index in [1.54, 1.807) is 0 Å². The van der Waals surface area contributed by atoms with Gasteiger partial charge in [0, 0.05) is 43.6 Å². The van der Waals surface area contributed by atoms with Gasteiger partial charge in [-0.3, -0.25) is 4.79 Å². The van der Waals surface area contributed by atoms with Crippen LogP contribution in [-0.4, -0.2) is 34.6 Å². The first-order chi connectivity index (χ1) is 10.6. The van der Waals surface area contributed by atoms with Crippen molar-refractivity contribution in [3.63, 3.8) is 0 Å². The van der Waals surface area contributed by atoms with Crippen LogP contribution in [0.15, 0.2) is 47.1 Å². The highest BCUT2D eigenvalue weighted by molar-refractivity contribution is 9.10.